The number of rotatable bonds is 1. The Labute approximate surface area is 91.1 Å². The van der Waals surface area contributed by atoms with Crippen molar-refractivity contribution in [2.24, 2.45) is 0 Å². The van der Waals surface area contributed by atoms with Crippen LogP contribution in [0.2, 0.25) is 0 Å². The van der Waals surface area contributed by atoms with E-state index in [4.69, 9.17) is 0 Å². The molecular weight excluding hydrogens is 336 g/mol. The minimum absolute atomic E-state index is 1.08. The molecule has 1 aromatic carbocycles. The first-order chi connectivity index (χ1) is 5.24. The standard InChI is InChI=1S/C8H5Br3/c9-4-3-6-1-2-7(10)5-8(6)11/h1-5H. The Kier molecular flexibility index (Phi) is 3.82. The van der Waals surface area contributed by atoms with Gasteiger partial charge in [0.25, 0.3) is 0 Å². The van der Waals surface area contributed by atoms with Crippen LogP contribution in [0.25, 0.3) is 6.08 Å². The van der Waals surface area contributed by atoms with Crippen molar-refractivity contribution in [3.63, 3.8) is 0 Å². The molecule has 0 nitrogen and oxygen atoms in total. The summed E-state index contributed by atoms with van der Waals surface area (Å²) in [4.78, 5) is 1.83. The van der Waals surface area contributed by atoms with E-state index in [0.29, 0.717) is 0 Å². The topological polar surface area (TPSA) is 0 Å². The fourth-order valence-corrected chi connectivity index (χ4v) is 2.17. The Hall–Kier alpha value is 0.400. The van der Waals surface area contributed by atoms with Gasteiger partial charge in [0.05, 0.1) is 0 Å². The molecule has 0 aliphatic heterocycles. The van der Waals surface area contributed by atoms with Gasteiger partial charge in [-0.3, -0.25) is 0 Å². The minimum atomic E-state index is 1.08. The summed E-state index contributed by atoms with van der Waals surface area (Å²) in [5.41, 5.74) is 1.16. The molecule has 11 heavy (non-hydrogen) atoms. The predicted octanol–water partition coefficient (Wildman–Crippen LogP) is 4.58. The van der Waals surface area contributed by atoms with Crippen molar-refractivity contribution in [1.29, 1.82) is 0 Å². The summed E-state index contributed by atoms with van der Waals surface area (Å²) in [6, 6.07) is 6.06. The molecule has 0 spiro atoms. The number of halogens is 3. The monoisotopic (exact) mass is 338 g/mol. The van der Waals surface area contributed by atoms with Crippen LogP contribution in [-0.4, -0.2) is 0 Å². The van der Waals surface area contributed by atoms with Gasteiger partial charge in [-0.1, -0.05) is 53.9 Å². The van der Waals surface area contributed by atoms with Gasteiger partial charge in [0, 0.05) is 8.95 Å². The first kappa shape index (κ1) is 9.49. The van der Waals surface area contributed by atoms with Gasteiger partial charge < -0.3 is 0 Å². The molecule has 0 aliphatic carbocycles. The van der Waals surface area contributed by atoms with E-state index in [-0.39, 0.29) is 0 Å². The molecular formula is C8H5Br3. The maximum atomic E-state index is 3.45. The lowest BCUT2D eigenvalue weighted by Gasteiger charge is -1.97. The lowest BCUT2D eigenvalue weighted by molar-refractivity contribution is 1.56. The zero-order valence-electron chi connectivity index (χ0n) is 5.52. The normalized spacial score (nSPS) is 10.8. The van der Waals surface area contributed by atoms with Gasteiger partial charge in [-0.25, -0.2) is 0 Å². The molecule has 0 aliphatic rings. The largest absolute Gasteiger partial charge is 0.0595 e. The second kappa shape index (κ2) is 4.43. The van der Waals surface area contributed by atoms with E-state index in [2.05, 4.69) is 47.8 Å². The maximum Gasteiger partial charge on any atom is 0.0259 e. The molecule has 0 aromatic heterocycles. The van der Waals surface area contributed by atoms with Gasteiger partial charge in [0.15, 0.2) is 0 Å². The van der Waals surface area contributed by atoms with Crippen molar-refractivity contribution in [2.45, 2.75) is 0 Å². The van der Waals surface area contributed by atoms with E-state index in [1.54, 1.807) is 0 Å². The number of hydrogen-bond acceptors (Lipinski definition) is 0. The van der Waals surface area contributed by atoms with E-state index in [0.717, 1.165) is 14.5 Å². The molecule has 0 bridgehead atoms. The van der Waals surface area contributed by atoms with Crippen LogP contribution >= 0.6 is 47.8 Å². The summed E-state index contributed by atoms with van der Waals surface area (Å²) in [6.45, 7) is 0. The van der Waals surface area contributed by atoms with Gasteiger partial charge in [-0.05, 0) is 28.8 Å². The Bertz CT molecular complexity index is 279. The average Bonchev–Trinajstić information content (AvgIpc) is 1.95. The van der Waals surface area contributed by atoms with Gasteiger partial charge in [0.2, 0.25) is 0 Å². The molecule has 0 unspecified atom stereocenters. The van der Waals surface area contributed by atoms with Crippen molar-refractivity contribution in [1.82, 2.24) is 0 Å². The molecule has 1 aromatic rings. The van der Waals surface area contributed by atoms with Crippen molar-refractivity contribution < 1.29 is 0 Å². The van der Waals surface area contributed by atoms with Crippen LogP contribution in [-0.2, 0) is 0 Å². The van der Waals surface area contributed by atoms with Gasteiger partial charge in [-0.2, -0.15) is 0 Å². The summed E-state index contributed by atoms with van der Waals surface area (Å²) in [5, 5.41) is 0. The average molecular weight is 341 g/mol. The zero-order chi connectivity index (χ0) is 8.27. The van der Waals surface area contributed by atoms with E-state index < -0.39 is 0 Å². The fraction of sp³-hybridized carbons (Fsp3) is 0. The highest BCUT2D eigenvalue weighted by molar-refractivity contribution is 9.11. The smallest absolute Gasteiger partial charge is 0.0259 e. The predicted molar refractivity (Wildman–Crippen MR) is 59.8 cm³/mol. The van der Waals surface area contributed by atoms with E-state index >= 15 is 0 Å². The second-order valence-corrected chi connectivity index (χ2v) is 4.26. The molecule has 0 fully saturated rings. The van der Waals surface area contributed by atoms with E-state index in [1.807, 2.05) is 29.3 Å². The van der Waals surface area contributed by atoms with Crippen molar-refractivity contribution in [2.75, 3.05) is 0 Å². The molecule has 0 heterocycles. The second-order valence-electron chi connectivity index (χ2n) is 1.96. The first-order valence-corrected chi connectivity index (χ1v) is 5.46. The molecule has 0 atom stereocenters. The van der Waals surface area contributed by atoms with Crippen LogP contribution in [0.3, 0.4) is 0 Å². The van der Waals surface area contributed by atoms with Crippen LogP contribution in [0.1, 0.15) is 5.56 Å². The first-order valence-electron chi connectivity index (χ1n) is 2.96. The van der Waals surface area contributed by atoms with E-state index in [1.165, 1.54) is 0 Å². The molecule has 0 saturated carbocycles. The third kappa shape index (κ3) is 2.73. The third-order valence-electron chi connectivity index (χ3n) is 1.21. The molecule has 0 N–H and O–H groups in total. The quantitative estimate of drug-likeness (QED) is 0.702. The van der Waals surface area contributed by atoms with E-state index in [9.17, 15) is 0 Å². The molecule has 1 rings (SSSR count). The lowest BCUT2D eigenvalue weighted by Crippen LogP contribution is -1.73. The lowest BCUT2D eigenvalue weighted by atomic mass is 10.2. The summed E-state index contributed by atoms with van der Waals surface area (Å²) in [7, 11) is 0. The van der Waals surface area contributed by atoms with Crippen molar-refractivity contribution >= 4 is 53.9 Å². The molecule has 58 valence electrons. The van der Waals surface area contributed by atoms with Crippen LogP contribution in [0.4, 0.5) is 0 Å². The highest BCUT2D eigenvalue weighted by atomic mass is 79.9. The van der Waals surface area contributed by atoms with Gasteiger partial charge >= 0.3 is 0 Å². The highest BCUT2D eigenvalue weighted by Crippen LogP contribution is 2.23. The SMILES string of the molecule is BrC=Cc1ccc(Br)cc1Br. The highest BCUT2D eigenvalue weighted by Gasteiger charge is 1.94. The van der Waals surface area contributed by atoms with Crippen LogP contribution < -0.4 is 0 Å². The maximum absolute atomic E-state index is 3.45. The molecule has 0 radical (unpaired) electrons. The van der Waals surface area contributed by atoms with Crippen LogP contribution in [0.5, 0.6) is 0 Å². The Morgan fingerprint density at radius 2 is 1.91 bits per heavy atom. The summed E-state index contributed by atoms with van der Waals surface area (Å²) in [6.07, 6.45) is 1.98. The van der Waals surface area contributed by atoms with Crippen molar-refractivity contribution in [3.8, 4) is 0 Å². The molecule has 0 amide bonds. The summed E-state index contributed by atoms with van der Waals surface area (Å²) >= 11 is 10.1. The minimum Gasteiger partial charge on any atom is -0.0595 e. The summed E-state index contributed by atoms with van der Waals surface area (Å²) in [5.74, 6) is 0. The Morgan fingerprint density at radius 3 is 2.45 bits per heavy atom. The Balaban J connectivity index is 3.09. The molecule has 0 saturated heterocycles. The van der Waals surface area contributed by atoms with Gasteiger partial charge in [-0.15, -0.1) is 0 Å². The van der Waals surface area contributed by atoms with Crippen LogP contribution in [0, 0.1) is 0 Å². The number of benzene rings is 1. The Morgan fingerprint density at radius 1 is 1.18 bits per heavy atom. The number of hydrogen-bond donors (Lipinski definition) is 0. The molecule has 3 heteroatoms. The third-order valence-corrected chi connectivity index (χ3v) is 2.65. The fourth-order valence-electron chi connectivity index (χ4n) is 0.705. The zero-order valence-corrected chi connectivity index (χ0v) is 10.3. The van der Waals surface area contributed by atoms with Crippen LogP contribution in [0.15, 0.2) is 32.1 Å². The van der Waals surface area contributed by atoms with Gasteiger partial charge in [0.1, 0.15) is 0 Å². The van der Waals surface area contributed by atoms with Crippen molar-refractivity contribution in [3.05, 3.63) is 37.7 Å². The summed E-state index contributed by atoms with van der Waals surface area (Å²) < 4.78 is 2.17.